The molecule has 0 atom stereocenters. The van der Waals surface area contributed by atoms with Gasteiger partial charge < -0.3 is 23.8 Å². The standard InChI is InChI=1S/C49H59N7O6SSi/c1-49(2,3)62-47(58)45-38(37-30-50-55(32-37)31-36-12-7-9-16-42(36)61-27-24-53-22-25-59-26-23-53)18-19-44(52-45)54-21-20-35-13-11-14-39(40(35)33-54)46(57)56(34-60-28-29-64(4,5)6)48-51-41-15-8-10-17-43(41)63-48/h7-19,30,32H,20-29,31,33-34H2,1-6H3. The molecule has 5 heterocycles. The Balaban J connectivity index is 1.04. The van der Waals surface area contributed by atoms with Crippen LogP contribution in [0.15, 0.2) is 91.3 Å². The van der Waals surface area contributed by atoms with Crippen molar-refractivity contribution < 1.29 is 28.5 Å². The third-order valence-electron chi connectivity index (χ3n) is 11.3. The lowest BCUT2D eigenvalue weighted by Crippen LogP contribution is -2.38. The van der Waals surface area contributed by atoms with Gasteiger partial charge in [0.2, 0.25) is 0 Å². The third-order valence-corrected chi connectivity index (χ3v) is 14.1. The quantitative estimate of drug-likeness (QED) is 0.0401. The number of hydrogen-bond donors (Lipinski definition) is 0. The number of thiazole rings is 1. The van der Waals surface area contributed by atoms with Gasteiger partial charge in [-0.1, -0.05) is 73.4 Å². The highest BCUT2D eigenvalue weighted by atomic mass is 32.1. The molecular formula is C49H59N7O6SSi. The van der Waals surface area contributed by atoms with Crippen molar-refractivity contribution in [1.82, 2.24) is 24.6 Å². The van der Waals surface area contributed by atoms with Crippen LogP contribution in [0, 0.1) is 0 Å². The Kier molecular flexibility index (Phi) is 13.9. The Morgan fingerprint density at radius 3 is 2.50 bits per heavy atom. The first-order valence-corrected chi connectivity index (χ1v) is 26.7. The van der Waals surface area contributed by atoms with Crippen molar-refractivity contribution in [3.8, 4) is 16.9 Å². The van der Waals surface area contributed by atoms with E-state index in [0.717, 1.165) is 77.1 Å². The van der Waals surface area contributed by atoms with Gasteiger partial charge in [0, 0.05) is 75.9 Å². The minimum Gasteiger partial charge on any atom is -0.492 e. The number of fused-ring (bicyclic) bond motifs is 2. The second kappa shape index (κ2) is 19.7. The monoisotopic (exact) mass is 901 g/mol. The van der Waals surface area contributed by atoms with Gasteiger partial charge in [-0.2, -0.15) is 5.10 Å². The first kappa shape index (κ1) is 45.1. The summed E-state index contributed by atoms with van der Waals surface area (Å²) in [5.74, 6) is 0.745. The minimum atomic E-state index is -1.35. The topological polar surface area (TPSA) is 124 Å². The molecule has 0 aliphatic carbocycles. The van der Waals surface area contributed by atoms with Crippen molar-refractivity contribution >= 4 is 52.5 Å². The number of carbonyl (C=O) groups excluding carboxylic acids is 2. The Morgan fingerprint density at radius 2 is 1.70 bits per heavy atom. The summed E-state index contributed by atoms with van der Waals surface area (Å²) in [5, 5.41) is 5.31. The van der Waals surface area contributed by atoms with Gasteiger partial charge in [0.1, 0.15) is 30.5 Å². The molecule has 0 saturated carbocycles. The normalized spacial score (nSPS) is 14.7. The highest BCUT2D eigenvalue weighted by Crippen LogP contribution is 2.34. The maximum Gasteiger partial charge on any atom is 0.358 e. The van der Waals surface area contributed by atoms with E-state index in [1.54, 1.807) is 11.1 Å². The summed E-state index contributed by atoms with van der Waals surface area (Å²) in [7, 11) is -1.35. The van der Waals surface area contributed by atoms with Crippen molar-refractivity contribution in [2.75, 3.05) is 69.1 Å². The lowest BCUT2D eigenvalue weighted by atomic mass is 9.94. The van der Waals surface area contributed by atoms with E-state index in [2.05, 4.69) is 35.5 Å². The van der Waals surface area contributed by atoms with Crippen molar-refractivity contribution in [2.24, 2.45) is 0 Å². The van der Waals surface area contributed by atoms with E-state index >= 15 is 0 Å². The van der Waals surface area contributed by atoms with Crippen LogP contribution in [0.25, 0.3) is 21.3 Å². The molecule has 8 rings (SSSR count). The molecule has 2 aliphatic heterocycles. The van der Waals surface area contributed by atoms with E-state index < -0.39 is 19.6 Å². The number of benzene rings is 3. The average Bonchev–Trinajstić information content (AvgIpc) is 3.93. The van der Waals surface area contributed by atoms with Crippen LogP contribution in [0.1, 0.15) is 58.3 Å². The molecule has 0 radical (unpaired) electrons. The molecule has 1 saturated heterocycles. The summed E-state index contributed by atoms with van der Waals surface area (Å²) in [5.41, 5.74) is 5.28. The molecule has 0 bridgehead atoms. The van der Waals surface area contributed by atoms with Crippen LogP contribution in [0.5, 0.6) is 5.75 Å². The zero-order chi connectivity index (χ0) is 44.8. The third kappa shape index (κ3) is 11.2. The predicted molar refractivity (Wildman–Crippen MR) is 256 cm³/mol. The lowest BCUT2D eigenvalue weighted by molar-refractivity contribution is 0.00637. The fourth-order valence-corrected chi connectivity index (χ4v) is 9.53. The molecule has 0 unspecified atom stereocenters. The van der Waals surface area contributed by atoms with Gasteiger partial charge in [-0.3, -0.25) is 19.3 Å². The van der Waals surface area contributed by atoms with Crippen LogP contribution in [0.3, 0.4) is 0 Å². The van der Waals surface area contributed by atoms with Crippen LogP contribution >= 0.6 is 11.3 Å². The van der Waals surface area contributed by atoms with Crippen LogP contribution in [0.2, 0.25) is 25.7 Å². The summed E-state index contributed by atoms with van der Waals surface area (Å²) in [6.45, 7) is 19.5. The SMILES string of the molecule is CC(C)(C)OC(=O)c1nc(N2CCc3cccc(C(=O)N(COCC[Si](C)(C)C)c4nc5ccccc5s4)c3C2)ccc1-c1cnn(Cc2ccccc2OCCN2CCOCC2)c1. The van der Waals surface area contributed by atoms with E-state index in [1.165, 1.54) is 11.3 Å². The van der Waals surface area contributed by atoms with E-state index in [-0.39, 0.29) is 18.3 Å². The van der Waals surface area contributed by atoms with E-state index in [0.29, 0.717) is 61.3 Å². The first-order chi connectivity index (χ1) is 30.8. The molecular weight excluding hydrogens is 843 g/mol. The van der Waals surface area contributed by atoms with E-state index in [1.807, 2.05) is 104 Å². The van der Waals surface area contributed by atoms with Crippen molar-refractivity contribution in [2.45, 2.75) is 71.6 Å². The van der Waals surface area contributed by atoms with Crippen molar-refractivity contribution in [3.05, 3.63) is 119 Å². The second-order valence-electron chi connectivity index (χ2n) is 18.6. The molecule has 13 nitrogen and oxygen atoms in total. The van der Waals surface area contributed by atoms with Gasteiger partial charge in [0.05, 0.1) is 36.2 Å². The number of esters is 1. The highest BCUT2D eigenvalue weighted by Gasteiger charge is 2.30. The predicted octanol–water partition coefficient (Wildman–Crippen LogP) is 8.79. The number of ether oxygens (including phenoxy) is 4. The summed E-state index contributed by atoms with van der Waals surface area (Å²) in [4.78, 5) is 44.8. The molecule has 336 valence electrons. The number of nitrogens with zero attached hydrogens (tertiary/aromatic N) is 7. The average molecular weight is 902 g/mol. The largest absolute Gasteiger partial charge is 0.492 e. The van der Waals surface area contributed by atoms with Crippen LogP contribution in [0.4, 0.5) is 10.9 Å². The maximum absolute atomic E-state index is 14.8. The maximum atomic E-state index is 14.8. The zero-order valence-corrected chi connectivity index (χ0v) is 39.7. The number of rotatable bonds is 16. The van der Waals surface area contributed by atoms with Crippen molar-refractivity contribution in [1.29, 1.82) is 0 Å². The van der Waals surface area contributed by atoms with Crippen LogP contribution < -0.4 is 14.5 Å². The molecule has 1 fully saturated rings. The summed E-state index contributed by atoms with van der Waals surface area (Å²) >= 11 is 1.49. The number of aromatic nitrogens is 4. The molecule has 0 N–H and O–H groups in total. The smallest absolute Gasteiger partial charge is 0.358 e. The molecule has 1 amide bonds. The van der Waals surface area contributed by atoms with Gasteiger partial charge in [-0.15, -0.1) is 0 Å². The number of morpholine rings is 1. The number of anilines is 2. The number of amides is 1. The number of hydrogen-bond acceptors (Lipinski definition) is 12. The lowest BCUT2D eigenvalue weighted by Gasteiger charge is -2.32. The summed E-state index contributed by atoms with van der Waals surface area (Å²) in [6, 6.07) is 26.7. The van der Waals surface area contributed by atoms with Gasteiger partial charge in [-0.05, 0) is 80.8 Å². The Morgan fingerprint density at radius 1 is 0.906 bits per heavy atom. The highest BCUT2D eigenvalue weighted by molar-refractivity contribution is 7.22. The molecule has 15 heteroatoms. The Labute approximate surface area is 380 Å². The second-order valence-corrected chi connectivity index (χ2v) is 25.2. The minimum absolute atomic E-state index is 0.102. The van der Waals surface area contributed by atoms with Gasteiger partial charge in [0.15, 0.2) is 10.8 Å². The van der Waals surface area contributed by atoms with Crippen molar-refractivity contribution in [3.63, 3.8) is 0 Å². The molecule has 3 aromatic carbocycles. The molecule has 3 aromatic heterocycles. The zero-order valence-electron chi connectivity index (χ0n) is 37.8. The van der Waals surface area contributed by atoms with Crippen LogP contribution in [-0.2, 0) is 33.7 Å². The van der Waals surface area contributed by atoms with Gasteiger partial charge in [0.25, 0.3) is 5.91 Å². The number of carbonyl (C=O) groups is 2. The van der Waals surface area contributed by atoms with Crippen LogP contribution in [-0.4, -0.2) is 110 Å². The van der Waals surface area contributed by atoms with E-state index in [4.69, 9.17) is 34.0 Å². The fraction of sp³-hybridized carbons (Fsp3) is 0.408. The van der Waals surface area contributed by atoms with Gasteiger partial charge in [-0.25, -0.2) is 14.8 Å². The fourth-order valence-electron chi connectivity index (χ4n) is 7.82. The molecule has 64 heavy (non-hydrogen) atoms. The number of para-hydroxylation sites is 2. The summed E-state index contributed by atoms with van der Waals surface area (Å²) < 4.78 is 26.8. The summed E-state index contributed by atoms with van der Waals surface area (Å²) in [6.07, 6.45) is 4.38. The van der Waals surface area contributed by atoms with E-state index in [9.17, 15) is 9.59 Å². The molecule has 2 aliphatic rings. The molecule has 0 spiro atoms. The Bertz CT molecular complexity index is 2540. The molecule has 6 aromatic rings. The van der Waals surface area contributed by atoms with Gasteiger partial charge >= 0.3 is 5.97 Å². The first-order valence-electron chi connectivity index (χ1n) is 22.2. The Hall–Kier alpha value is -5.45. The number of pyridine rings is 1.